The third-order valence-corrected chi connectivity index (χ3v) is 5.87. The van der Waals surface area contributed by atoms with Crippen molar-refractivity contribution < 1.29 is 18.0 Å². The number of piperidine rings is 1. The fraction of sp³-hybridized carbons (Fsp3) is 0.579. The smallest absolute Gasteiger partial charge is 0.224 e. The van der Waals surface area contributed by atoms with Gasteiger partial charge < -0.3 is 10.6 Å². The van der Waals surface area contributed by atoms with E-state index in [1.54, 1.807) is 0 Å². The summed E-state index contributed by atoms with van der Waals surface area (Å²) in [5, 5.41) is 5.78. The van der Waals surface area contributed by atoms with Gasteiger partial charge in [-0.05, 0) is 36.5 Å². The first-order chi connectivity index (χ1) is 12.6. The van der Waals surface area contributed by atoms with Crippen LogP contribution >= 0.6 is 0 Å². The Morgan fingerprint density at radius 3 is 2.48 bits per heavy atom. The molecule has 2 N–H and O–H groups in total. The number of hydrogen-bond acceptors (Lipinski definition) is 4. The number of carbonyl (C=O) groups excluding carboxylic acids is 2. The molecule has 0 saturated carbocycles. The SMILES string of the molecule is CC(C)CC(=O)Nc1cccc(CNC(=O)C2CCN(S(C)(=O)=O)CC2)c1. The summed E-state index contributed by atoms with van der Waals surface area (Å²) < 4.78 is 24.5. The number of nitrogens with zero attached hydrogens (tertiary/aromatic N) is 1. The van der Waals surface area contributed by atoms with E-state index in [1.165, 1.54) is 10.6 Å². The summed E-state index contributed by atoms with van der Waals surface area (Å²) in [5.41, 5.74) is 1.62. The molecule has 150 valence electrons. The van der Waals surface area contributed by atoms with E-state index in [9.17, 15) is 18.0 Å². The second kappa shape index (κ2) is 9.32. The zero-order chi connectivity index (χ0) is 20.0. The van der Waals surface area contributed by atoms with E-state index in [4.69, 9.17) is 0 Å². The van der Waals surface area contributed by atoms with Gasteiger partial charge in [0.25, 0.3) is 0 Å². The maximum absolute atomic E-state index is 12.4. The van der Waals surface area contributed by atoms with Gasteiger partial charge in [0.1, 0.15) is 0 Å². The van der Waals surface area contributed by atoms with Crippen molar-refractivity contribution in [3.63, 3.8) is 0 Å². The molecule has 8 heteroatoms. The lowest BCUT2D eigenvalue weighted by atomic mass is 9.97. The molecular weight excluding hydrogens is 366 g/mol. The van der Waals surface area contributed by atoms with Crippen molar-refractivity contribution >= 4 is 27.5 Å². The molecule has 2 rings (SSSR count). The Morgan fingerprint density at radius 1 is 1.22 bits per heavy atom. The molecule has 1 aliphatic heterocycles. The van der Waals surface area contributed by atoms with Gasteiger partial charge in [-0.15, -0.1) is 0 Å². The van der Waals surface area contributed by atoms with Gasteiger partial charge in [0.05, 0.1) is 6.26 Å². The van der Waals surface area contributed by atoms with Crippen LogP contribution in [-0.2, 0) is 26.2 Å². The summed E-state index contributed by atoms with van der Waals surface area (Å²) in [7, 11) is -3.19. The standard InChI is InChI=1S/C19H29N3O4S/c1-14(2)11-18(23)21-17-6-4-5-15(12-17)13-20-19(24)16-7-9-22(10-8-16)27(3,25)26/h4-6,12,14,16H,7-11,13H2,1-3H3,(H,20,24)(H,21,23). The molecule has 2 amide bonds. The van der Waals surface area contributed by atoms with Gasteiger partial charge in [-0.1, -0.05) is 26.0 Å². The van der Waals surface area contributed by atoms with E-state index in [2.05, 4.69) is 10.6 Å². The van der Waals surface area contributed by atoms with E-state index in [1.807, 2.05) is 38.1 Å². The molecule has 0 radical (unpaired) electrons. The Labute approximate surface area is 161 Å². The topological polar surface area (TPSA) is 95.6 Å². The van der Waals surface area contributed by atoms with Gasteiger partial charge in [-0.25, -0.2) is 12.7 Å². The lowest BCUT2D eigenvalue weighted by molar-refractivity contribution is -0.126. The monoisotopic (exact) mass is 395 g/mol. The van der Waals surface area contributed by atoms with E-state index < -0.39 is 10.0 Å². The Bertz CT molecular complexity index is 769. The maximum Gasteiger partial charge on any atom is 0.224 e. The molecule has 1 fully saturated rings. The van der Waals surface area contributed by atoms with Gasteiger partial charge in [-0.2, -0.15) is 0 Å². The van der Waals surface area contributed by atoms with E-state index >= 15 is 0 Å². The minimum atomic E-state index is -3.19. The van der Waals surface area contributed by atoms with Crippen molar-refractivity contribution in [2.75, 3.05) is 24.7 Å². The van der Waals surface area contributed by atoms with Gasteiger partial charge in [0.15, 0.2) is 0 Å². The van der Waals surface area contributed by atoms with Gasteiger partial charge in [0, 0.05) is 37.7 Å². The van der Waals surface area contributed by atoms with Crippen LogP contribution in [0.5, 0.6) is 0 Å². The molecule has 7 nitrogen and oxygen atoms in total. The molecule has 27 heavy (non-hydrogen) atoms. The van der Waals surface area contributed by atoms with Crippen LogP contribution < -0.4 is 10.6 Å². The van der Waals surface area contributed by atoms with Crippen LogP contribution in [0.25, 0.3) is 0 Å². The number of nitrogens with one attached hydrogen (secondary N) is 2. The second-order valence-electron chi connectivity index (χ2n) is 7.50. The third-order valence-electron chi connectivity index (χ3n) is 4.56. The Morgan fingerprint density at radius 2 is 1.89 bits per heavy atom. The van der Waals surface area contributed by atoms with Crippen LogP contribution in [0, 0.1) is 11.8 Å². The molecule has 1 heterocycles. The molecule has 1 saturated heterocycles. The number of carbonyl (C=O) groups is 2. The number of anilines is 1. The lowest BCUT2D eigenvalue weighted by Crippen LogP contribution is -2.42. The molecule has 0 aliphatic carbocycles. The van der Waals surface area contributed by atoms with Crippen molar-refractivity contribution in [1.29, 1.82) is 0 Å². The van der Waals surface area contributed by atoms with Crippen LogP contribution in [-0.4, -0.2) is 43.9 Å². The van der Waals surface area contributed by atoms with Crippen LogP contribution in [0.3, 0.4) is 0 Å². The number of amides is 2. The highest BCUT2D eigenvalue weighted by molar-refractivity contribution is 7.88. The fourth-order valence-electron chi connectivity index (χ4n) is 3.13. The van der Waals surface area contributed by atoms with E-state index in [0.29, 0.717) is 50.5 Å². The zero-order valence-corrected chi connectivity index (χ0v) is 17.0. The molecule has 0 bridgehead atoms. The first-order valence-corrected chi connectivity index (χ1v) is 11.1. The number of benzene rings is 1. The molecule has 0 spiro atoms. The lowest BCUT2D eigenvalue weighted by Gasteiger charge is -2.29. The highest BCUT2D eigenvalue weighted by atomic mass is 32.2. The second-order valence-corrected chi connectivity index (χ2v) is 9.48. The summed E-state index contributed by atoms with van der Waals surface area (Å²) in [6, 6.07) is 7.41. The molecular formula is C19H29N3O4S. The zero-order valence-electron chi connectivity index (χ0n) is 16.2. The van der Waals surface area contributed by atoms with Crippen molar-refractivity contribution in [1.82, 2.24) is 9.62 Å². The predicted octanol–water partition coefficient (Wildman–Crippen LogP) is 1.96. The summed E-state index contributed by atoms with van der Waals surface area (Å²) in [6.07, 6.45) is 2.72. The minimum Gasteiger partial charge on any atom is -0.352 e. The number of rotatable bonds is 7. The summed E-state index contributed by atoms with van der Waals surface area (Å²) in [6.45, 7) is 5.12. The Kier molecular flexibility index (Phi) is 7.38. The van der Waals surface area contributed by atoms with Crippen LogP contribution in [0.1, 0.15) is 38.7 Å². The molecule has 1 aliphatic rings. The van der Waals surface area contributed by atoms with Gasteiger partial charge >= 0.3 is 0 Å². The van der Waals surface area contributed by atoms with Crippen LogP contribution in [0.4, 0.5) is 5.69 Å². The normalized spacial score (nSPS) is 16.3. The first-order valence-electron chi connectivity index (χ1n) is 9.27. The van der Waals surface area contributed by atoms with E-state index in [0.717, 1.165) is 5.56 Å². The highest BCUT2D eigenvalue weighted by Crippen LogP contribution is 2.19. The fourth-order valence-corrected chi connectivity index (χ4v) is 4.00. The highest BCUT2D eigenvalue weighted by Gasteiger charge is 2.28. The first kappa shape index (κ1) is 21.4. The van der Waals surface area contributed by atoms with Crippen LogP contribution in [0.15, 0.2) is 24.3 Å². The third kappa shape index (κ3) is 6.95. The largest absolute Gasteiger partial charge is 0.352 e. The summed E-state index contributed by atoms with van der Waals surface area (Å²) in [5.74, 6) is 0.0414. The van der Waals surface area contributed by atoms with Gasteiger partial charge in [-0.3, -0.25) is 9.59 Å². The Balaban J connectivity index is 1.83. The summed E-state index contributed by atoms with van der Waals surface area (Å²) >= 11 is 0. The molecule has 0 unspecified atom stereocenters. The van der Waals surface area contributed by atoms with Crippen molar-refractivity contribution in [2.45, 2.75) is 39.7 Å². The van der Waals surface area contributed by atoms with Crippen molar-refractivity contribution in [2.24, 2.45) is 11.8 Å². The average molecular weight is 396 g/mol. The maximum atomic E-state index is 12.4. The van der Waals surface area contributed by atoms with Crippen LogP contribution in [0.2, 0.25) is 0 Å². The molecule has 0 aromatic heterocycles. The quantitative estimate of drug-likeness (QED) is 0.738. The molecule has 1 aromatic rings. The van der Waals surface area contributed by atoms with Crippen molar-refractivity contribution in [3.8, 4) is 0 Å². The van der Waals surface area contributed by atoms with Gasteiger partial charge in [0.2, 0.25) is 21.8 Å². The predicted molar refractivity (Wildman–Crippen MR) is 106 cm³/mol. The number of hydrogen-bond donors (Lipinski definition) is 2. The Hall–Kier alpha value is -1.93. The van der Waals surface area contributed by atoms with Crippen molar-refractivity contribution in [3.05, 3.63) is 29.8 Å². The average Bonchev–Trinajstić information content (AvgIpc) is 2.58. The summed E-state index contributed by atoms with van der Waals surface area (Å²) in [4.78, 5) is 24.2. The number of sulfonamides is 1. The molecule has 0 atom stereocenters. The minimum absolute atomic E-state index is 0.0242. The molecule has 1 aromatic carbocycles. The van der Waals surface area contributed by atoms with E-state index in [-0.39, 0.29) is 17.7 Å².